The first kappa shape index (κ1) is 19.7. The minimum absolute atomic E-state index is 0.181. The molecule has 7 heteroatoms. The van der Waals surface area contributed by atoms with Gasteiger partial charge in [-0.15, -0.1) is 10.2 Å². The van der Waals surface area contributed by atoms with Gasteiger partial charge in [0.1, 0.15) is 10.8 Å². The van der Waals surface area contributed by atoms with E-state index in [0.29, 0.717) is 26.9 Å². The zero-order valence-corrected chi connectivity index (χ0v) is 17.7. The molecule has 0 N–H and O–H groups in total. The van der Waals surface area contributed by atoms with E-state index in [1.807, 2.05) is 85.0 Å². The number of aromatic nitrogens is 5. The fraction of sp³-hybridized carbons (Fsp3) is 0. The summed E-state index contributed by atoms with van der Waals surface area (Å²) in [4.78, 5) is 22.1. The van der Waals surface area contributed by atoms with Crippen LogP contribution in [-0.2, 0) is 0 Å². The smallest absolute Gasteiger partial charge is 0.268 e. The molecular weight excluding hydrogens is 418 g/mol. The average molecular weight is 436 g/mol. The van der Waals surface area contributed by atoms with Crippen LogP contribution in [0.1, 0.15) is 22.0 Å². The molecule has 32 heavy (non-hydrogen) atoms. The van der Waals surface area contributed by atoms with Crippen LogP contribution in [0.2, 0.25) is 0 Å². The van der Waals surface area contributed by atoms with E-state index < -0.39 is 0 Å². The van der Waals surface area contributed by atoms with Gasteiger partial charge < -0.3 is 0 Å². The van der Waals surface area contributed by atoms with Gasteiger partial charge in [-0.05, 0) is 47.5 Å². The van der Waals surface area contributed by atoms with Gasteiger partial charge in [-0.1, -0.05) is 66.0 Å². The van der Waals surface area contributed by atoms with Crippen molar-refractivity contribution in [1.82, 2.24) is 24.7 Å². The van der Waals surface area contributed by atoms with Gasteiger partial charge in [0.15, 0.2) is 0 Å². The fourth-order valence-corrected chi connectivity index (χ4v) is 3.96. The van der Waals surface area contributed by atoms with Crippen LogP contribution in [-0.4, -0.2) is 24.7 Å². The molecule has 3 heterocycles. The lowest BCUT2D eigenvalue weighted by atomic mass is 10.2. The van der Waals surface area contributed by atoms with Crippen molar-refractivity contribution < 1.29 is 0 Å². The Bertz CT molecular complexity index is 1490. The molecule has 0 atom stereocenters. The van der Waals surface area contributed by atoms with Gasteiger partial charge >= 0.3 is 0 Å². The summed E-state index contributed by atoms with van der Waals surface area (Å²) in [7, 11) is 0. The third-order valence-corrected chi connectivity index (χ3v) is 5.65. The summed E-state index contributed by atoms with van der Waals surface area (Å²) >= 11 is 1.33. The van der Waals surface area contributed by atoms with Crippen molar-refractivity contribution in [2.45, 2.75) is 0 Å². The second-order valence-electron chi connectivity index (χ2n) is 6.91. The molecule has 0 unspecified atom stereocenters. The van der Waals surface area contributed by atoms with Crippen LogP contribution in [0, 0.1) is 0 Å². The fourth-order valence-electron chi connectivity index (χ4n) is 3.21. The standard InChI is InChI=1S/C25H17N5OS/c31-24-20-8-4-5-9-21(20)27-22(12-10-19-14-16-26-17-15-19)30(24)25-29-28-23(32-25)13-11-18-6-2-1-3-7-18/h1-17H/b12-10+,13-11+. The largest absolute Gasteiger partial charge is 0.268 e. The molecular formula is C25H17N5OS. The first-order valence-electron chi connectivity index (χ1n) is 9.95. The lowest BCUT2D eigenvalue weighted by molar-refractivity contribution is 0.896. The number of pyridine rings is 1. The minimum Gasteiger partial charge on any atom is -0.268 e. The zero-order chi connectivity index (χ0) is 21.8. The third kappa shape index (κ3) is 4.14. The van der Waals surface area contributed by atoms with Crippen molar-refractivity contribution in [2.24, 2.45) is 0 Å². The van der Waals surface area contributed by atoms with Crippen molar-refractivity contribution in [1.29, 1.82) is 0 Å². The Kier molecular flexibility index (Phi) is 5.47. The first-order valence-corrected chi connectivity index (χ1v) is 10.8. The highest BCUT2D eigenvalue weighted by Gasteiger charge is 2.14. The van der Waals surface area contributed by atoms with Gasteiger partial charge in [-0.3, -0.25) is 9.78 Å². The van der Waals surface area contributed by atoms with E-state index in [9.17, 15) is 4.79 Å². The molecule has 6 nitrogen and oxygen atoms in total. The second kappa shape index (κ2) is 8.87. The molecule has 3 aromatic heterocycles. The van der Waals surface area contributed by atoms with E-state index in [1.165, 1.54) is 15.9 Å². The molecule has 154 valence electrons. The molecule has 0 fully saturated rings. The molecule has 0 spiro atoms. The number of hydrogen-bond donors (Lipinski definition) is 0. The molecule has 0 aliphatic carbocycles. The molecule has 0 saturated heterocycles. The third-order valence-electron chi connectivity index (χ3n) is 4.77. The van der Waals surface area contributed by atoms with Crippen LogP contribution in [0.15, 0.2) is 83.9 Å². The highest BCUT2D eigenvalue weighted by Crippen LogP contribution is 2.20. The molecule has 0 aliphatic rings. The summed E-state index contributed by atoms with van der Waals surface area (Å²) < 4.78 is 1.51. The summed E-state index contributed by atoms with van der Waals surface area (Å²) in [6, 6.07) is 21.0. The normalized spacial score (nSPS) is 11.6. The van der Waals surface area contributed by atoms with E-state index in [0.717, 1.165) is 11.1 Å². The molecule has 0 saturated carbocycles. The number of benzene rings is 2. The topological polar surface area (TPSA) is 73.6 Å². The van der Waals surface area contributed by atoms with Crippen LogP contribution in [0.25, 0.3) is 40.3 Å². The Morgan fingerprint density at radius 1 is 0.750 bits per heavy atom. The molecule has 2 aromatic carbocycles. The van der Waals surface area contributed by atoms with Gasteiger partial charge in [0.2, 0.25) is 5.13 Å². The number of rotatable bonds is 5. The lowest BCUT2D eigenvalue weighted by Gasteiger charge is -2.07. The van der Waals surface area contributed by atoms with E-state index in [-0.39, 0.29) is 5.56 Å². The van der Waals surface area contributed by atoms with Gasteiger partial charge in [0.25, 0.3) is 5.56 Å². The summed E-state index contributed by atoms with van der Waals surface area (Å²) in [6.07, 6.45) is 11.0. The van der Waals surface area contributed by atoms with Crippen molar-refractivity contribution >= 4 is 46.5 Å². The van der Waals surface area contributed by atoms with Gasteiger partial charge in [0, 0.05) is 12.4 Å². The van der Waals surface area contributed by atoms with Crippen LogP contribution >= 0.6 is 11.3 Å². The van der Waals surface area contributed by atoms with Crippen LogP contribution in [0.4, 0.5) is 0 Å². The molecule has 0 radical (unpaired) electrons. The SMILES string of the molecule is O=c1c2ccccc2nc(/C=C/c2ccncc2)n1-c1nnc(/C=C/c2ccccc2)s1. The zero-order valence-electron chi connectivity index (χ0n) is 16.9. The highest BCUT2D eigenvalue weighted by atomic mass is 32.1. The van der Waals surface area contributed by atoms with E-state index in [2.05, 4.69) is 15.2 Å². The number of para-hydroxylation sites is 1. The van der Waals surface area contributed by atoms with Crippen molar-refractivity contribution in [3.63, 3.8) is 0 Å². The maximum atomic E-state index is 13.3. The Morgan fingerprint density at radius 2 is 1.47 bits per heavy atom. The van der Waals surface area contributed by atoms with Crippen molar-refractivity contribution in [3.8, 4) is 5.13 Å². The monoisotopic (exact) mass is 435 g/mol. The first-order chi connectivity index (χ1) is 15.8. The van der Waals surface area contributed by atoms with E-state index >= 15 is 0 Å². The number of fused-ring (bicyclic) bond motifs is 1. The second-order valence-corrected chi connectivity index (χ2v) is 7.90. The lowest BCUT2D eigenvalue weighted by Crippen LogP contribution is -2.22. The molecule has 0 amide bonds. The van der Waals surface area contributed by atoms with Crippen LogP contribution in [0.5, 0.6) is 0 Å². The predicted octanol–water partition coefficient (Wildman–Crippen LogP) is 4.97. The summed E-state index contributed by atoms with van der Waals surface area (Å²) in [5, 5.41) is 10.2. The number of hydrogen-bond acceptors (Lipinski definition) is 6. The van der Waals surface area contributed by atoms with E-state index in [4.69, 9.17) is 4.98 Å². The molecule has 5 aromatic rings. The summed E-state index contributed by atoms with van der Waals surface area (Å²) in [5.41, 5.74) is 2.48. The molecule has 0 aliphatic heterocycles. The van der Waals surface area contributed by atoms with Crippen molar-refractivity contribution in [2.75, 3.05) is 0 Å². The van der Waals surface area contributed by atoms with Gasteiger partial charge in [-0.25, -0.2) is 9.55 Å². The molecule has 5 rings (SSSR count). The maximum absolute atomic E-state index is 13.3. The van der Waals surface area contributed by atoms with Gasteiger partial charge in [-0.2, -0.15) is 0 Å². The minimum atomic E-state index is -0.181. The summed E-state index contributed by atoms with van der Waals surface area (Å²) in [5.74, 6) is 0.486. The van der Waals surface area contributed by atoms with Gasteiger partial charge in [0.05, 0.1) is 10.9 Å². The highest BCUT2D eigenvalue weighted by molar-refractivity contribution is 7.14. The Labute approximate surface area is 187 Å². The Balaban J connectivity index is 1.59. The van der Waals surface area contributed by atoms with Crippen LogP contribution in [0.3, 0.4) is 0 Å². The Morgan fingerprint density at radius 3 is 2.31 bits per heavy atom. The van der Waals surface area contributed by atoms with Crippen molar-refractivity contribution in [3.05, 3.63) is 111 Å². The predicted molar refractivity (Wildman–Crippen MR) is 129 cm³/mol. The molecule has 0 bridgehead atoms. The maximum Gasteiger partial charge on any atom is 0.268 e. The van der Waals surface area contributed by atoms with E-state index in [1.54, 1.807) is 18.5 Å². The Hall–Kier alpha value is -4.23. The van der Waals surface area contributed by atoms with Crippen LogP contribution < -0.4 is 5.56 Å². The number of nitrogens with zero attached hydrogens (tertiary/aromatic N) is 5. The summed E-state index contributed by atoms with van der Waals surface area (Å²) in [6.45, 7) is 0. The average Bonchev–Trinajstić information content (AvgIpc) is 3.31. The quantitative estimate of drug-likeness (QED) is 0.390.